The van der Waals surface area contributed by atoms with E-state index in [1.807, 2.05) is 6.92 Å². The second-order valence-electron chi connectivity index (χ2n) is 6.66. The molecule has 3 heteroatoms. The lowest BCUT2D eigenvalue weighted by Gasteiger charge is -2.31. The Morgan fingerprint density at radius 1 is 1.00 bits per heavy atom. The van der Waals surface area contributed by atoms with Gasteiger partial charge in [0.25, 0.3) is 5.92 Å². The number of alkyl halides is 2. The van der Waals surface area contributed by atoms with Gasteiger partial charge in [-0.05, 0) is 44.1 Å². The first kappa shape index (κ1) is 19.6. The van der Waals surface area contributed by atoms with Crippen LogP contribution >= 0.6 is 0 Å². The first-order valence-corrected chi connectivity index (χ1v) is 7.77. The summed E-state index contributed by atoms with van der Waals surface area (Å²) >= 11 is 0. The molecule has 0 radical (unpaired) electrons. The molecule has 0 atom stereocenters. The van der Waals surface area contributed by atoms with Gasteiger partial charge in [0, 0.05) is 12.0 Å². The summed E-state index contributed by atoms with van der Waals surface area (Å²) < 4.78 is 33.2. The monoisotopic (exact) mass is 290 g/mol. The molecule has 120 valence electrons. The number of hydrogen-bond donors (Lipinski definition) is 0. The maximum absolute atomic E-state index is 13.8. The van der Waals surface area contributed by atoms with Crippen molar-refractivity contribution in [3.8, 4) is 0 Å². The minimum atomic E-state index is -2.76. The van der Waals surface area contributed by atoms with Crippen LogP contribution in [0.3, 0.4) is 0 Å². The van der Waals surface area contributed by atoms with Gasteiger partial charge in [-0.3, -0.25) is 0 Å². The molecule has 0 rings (SSSR count). The smallest absolute Gasteiger partial charge is 0.271 e. The molecule has 0 amide bonds. The van der Waals surface area contributed by atoms with Crippen molar-refractivity contribution in [3.05, 3.63) is 12.2 Å². The maximum atomic E-state index is 13.8. The van der Waals surface area contributed by atoms with Gasteiger partial charge < -0.3 is 4.74 Å². The van der Waals surface area contributed by atoms with Gasteiger partial charge in [0.2, 0.25) is 0 Å². The number of hydrogen-bond acceptors (Lipinski definition) is 1. The maximum Gasteiger partial charge on any atom is 0.271 e. The summed E-state index contributed by atoms with van der Waals surface area (Å²) in [5.41, 5.74) is -0.904. The summed E-state index contributed by atoms with van der Waals surface area (Å²) in [6.45, 7) is 12.4. The Morgan fingerprint density at radius 3 is 1.95 bits per heavy atom. The van der Waals surface area contributed by atoms with E-state index in [9.17, 15) is 8.78 Å². The van der Waals surface area contributed by atoms with E-state index in [0.29, 0.717) is 13.0 Å². The van der Waals surface area contributed by atoms with E-state index in [1.54, 1.807) is 26.8 Å². The van der Waals surface area contributed by atoms with Crippen molar-refractivity contribution in [1.29, 1.82) is 0 Å². The molecular formula is C17H32F2O. The Kier molecular flexibility index (Phi) is 7.93. The molecule has 0 unspecified atom stereocenters. The van der Waals surface area contributed by atoms with Gasteiger partial charge in [-0.15, -0.1) is 0 Å². The van der Waals surface area contributed by atoms with Crippen molar-refractivity contribution in [2.45, 2.75) is 73.1 Å². The lowest BCUT2D eigenvalue weighted by atomic mass is 9.78. The van der Waals surface area contributed by atoms with Crippen LogP contribution in [0.25, 0.3) is 0 Å². The predicted octanol–water partition coefficient (Wildman–Crippen LogP) is 5.85. The second kappa shape index (κ2) is 8.11. The normalized spacial score (nSPS) is 14.2. The van der Waals surface area contributed by atoms with Gasteiger partial charge in [0.05, 0.1) is 6.61 Å². The van der Waals surface area contributed by atoms with E-state index in [-0.39, 0.29) is 5.41 Å². The highest BCUT2D eigenvalue weighted by atomic mass is 19.3. The van der Waals surface area contributed by atoms with E-state index in [0.717, 1.165) is 31.9 Å². The van der Waals surface area contributed by atoms with Gasteiger partial charge in [0.15, 0.2) is 0 Å². The average Bonchev–Trinajstić information content (AvgIpc) is 2.37. The van der Waals surface area contributed by atoms with Crippen LogP contribution < -0.4 is 0 Å². The topological polar surface area (TPSA) is 9.23 Å². The van der Waals surface area contributed by atoms with E-state index in [1.165, 1.54) is 0 Å². The zero-order valence-electron chi connectivity index (χ0n) is 14.1. The molecule has 0 aliphatic rings. The van der Waals surface area contributed by atoms with Gasteiger partial charge in [-0.2, -0.15) is 0 Å². The molecule has 0 aromatic carbocycles. The minimum Gasteiger partial charge on any atom is -0.381 e. The Bertz CT molecular complexity index is 286. The third-order valence-electron chi connectivity index (χ3n) is 4.28. The highest BCUT2D eigenvalue weighted by molar-refractivity contribution is 5.01. The van der Waals surface area contributed by atoms with Gasteiger partial charge in [-0.25, -0.2) is 8.78 Å². The van der Waals surface area contributed by atoms with Gasteiger partial charge in [-0.1, -0.05) is 40.7 Å². The highest BCUT2D eigenvalue weighted by Crippen LogP contribution is 2.37. The zero-order valence-corrected chi connectivity index (χ0v) is 14.1. The summed E-state index contributed by atoms with van der Waals surface area (Å²) in [5, 5.41) is 0. The largest absolute Gasteiger partial charge is 0.381 e. The number of halogens is 2. The fraction of sp³-hybridized carbons (Fsp3) is 0.882. The first-order chi connectivity index (χ1) is 9.14. The SMILES string of the molecule is CCOCC(CC)(CC)CC/C=C/C(F)(F)C(C)(C)C. The third kappa shape index (κ3) is 5.90. The molecule has 0 bridgehead atoms. The molecule has 0 saturated heterocycles. The Labute approximate surface area is 123 Å². The van der Waals surface area contributed by atoms with E-state index in [4.69, 9.17) is 4.74 Å². The molecule has 0 aromatic rings. The van der Waals surface area contributed by atoms with Crippen LogP contribution in [0.1, 0.15) is 67.2 Å². The summed E-state index contributed by atoms with van der Waals surface area (Å²) in [6, 6.07) is 0. The van der Waals surface area contributed by atoms with E-state index in [2.05, 4.69) is 13.8 Å². The van der Waals surface area contributed by atoms with Crippen molar-refractivity contribution >= 4 is 0 Å². The van der Waals surface area contributed by atoms with Crippen LogP contribution in [0.5, 0.6) is 0 Å². The van der Waals surface area contributed by atoms with E-state index >= 15 is 0 Å². The van der Waals surface area contributed by atoms with Crippen molar-refractivity contribution in [2.24, 2.45) is 10.8 Å². The summed E-state index contributed by atoms with van der Waals surface area (Å²) in [6.07, 6.45) is 6.33. The summed E-state index contributed by atoms with van der Waals surface area (Å²) in [7, 11) is 0. The molecule has 0 N–H and O–H groups in total. The first-order valence-electron chi connectivity index (χ1n) is 7.77. The molecule has 0 aromatic heterocycles. The molecule has 0 saturated carbocycles. The fourth-order valence-electron chi connectivity index (χ4n) is 2.07. The number of allylic oxidation sites excluding steroid dienone is 2. The lowest BCUT2D eigenvalue weighted by Crippen LogP contribution is -2.31. The molecular weight excluding hydrogens is 258 g/mol. The van der Waals surface area contributed by atoms with Crippen molar-refractivity contribution < 1.29 is 13.5 Å². The Balaban J connectivity index is 4.51. The molecule has 0 aliphatic carbocycles. The van der Waals surface area contributed by atoms with E-state index < -0.39 is 11.3 Å². The highest BCUT2D eigenvalue weighted by Gasteiger charge is 2.40. The van der Waals surface area contributed by atoms with Crippen LogP contribution in [-0.4, -0.2) is 19.1 Å². The molecule has 20 heavy (non-hydrogen) atoms. The molecule has 0 spiro atoms. The van der Waals surface area contributed by atoms with Crippen LogP contribution in [0, 0.1) is 10.8 Å². The Morgan fingerprint density at radius 2 is 1.55 bits per heavy atom. The predicted molar refractivity (Wildman–Crippen MR) is 82.3 cm³/mol. The minimum absolute atomic E-state index is 0.122. The van der Waals surface area contributed by atoms with Crippen molar-refractivity contribution in [1.82, 2.24) is 0 Å². The van der Waals surface area contributed by atoms with Gasteiger partial charge >= 0.3 is 0 Å². The zero-order chi connectivity index (χ0) is 15.9. The standard InChI is InChI=1S/C17H32F2O/c1-7-16(8-2,14-20-9-3)12-10-11-13-17(18,19)15(4,5)6/h11,13H,7-10,12,14H2,1-6H3/b13-11+. The molecule has 1 nitrogen and oxygen atoms in total. The third-order valence-corrected chi connectivity index (χ3v) is 4.28. The average molecular weight is 290 g/mol. The molecule has 0 fully saturated rings. The number of ether oxygens (including phenoxy) is 1. The van der Waals surface area contributed by atoms with Gasteiger partial charge in [0.1, 0.15) is 0 Å². The van der Waals surface area contributed by atoms with Crippen LogP contribution in [0.4, 0.5) is 8.78 Å². The summed E-state index contributed by atoms with van der Waals surface area (Å²) in [5.74, 6) is -2.76. The van der Waals surface area contributed by atoms with Crippen molar-refractivity contribution in [2.75, 3.05) is 13.2 Å². The van der Waals surface area contributed by atoms with Crippen LogP contribution in [0.2, 0.25) is 0 Å². The fourth-order valence-corrected chi connectivity index (χ4v) is 2.07. The quantitative estimate of drug-likeness (QED) is 0.484. The van der Waals surface area contributed by atoms with Crippen LogP contribution in [0.15, 0.2) is 12.2 Å². The lowest BCUT2D eigenvalue weighted by molar-refractivity contribution is -0.0502. The Hall–Kier alpha value is -0.440. The van der Waals surface area contributed by atoms with Crippen LogP contribution in [-0.2, 0) is 4.74 Å². The summed E-state index contributed by atoms with van der Waals surface area (Å²) in [4.78, 5) is 0. The van der Waals surface area contributed by atoms with Crippen molar-refractivity contribution in [3.63, 3.8) is 0 Å². The second-order valence-corrected chi connectivity index (χ2v) is 6.66. The number of rotatable bonds is 9. The molecule has 0 aliphatic heterocycles. The molecule has 0 heterocycles.